The number of aldehydes is 1. The van der Waals surface area contributed by atoms with Gasteiger partial charge >= 0.3 is 0 Å². The third kappa shape index (κ3) is 2.30. The van der Waals surface area contributed by atoms with Gasteiger partial charge in [0.2, 0.25) is 0 Å². The number of allylic oxidation sites excluding steroid dienone is 2. The summed E-state index contributed by atoms with van der Waals surface area (Å²) in [6.07, 6.45) is 6.60. The van der Waals surface area contributed by atoms with Gasteiger partial charge in [0.25, 0.3) is 0 Å². The minimum absolute atomic E-state index is 0.234. The molecule has 1 rings (SSSR count). The first-order valence-corrected chi connectivity index (χ1v) is 4.00. The fourth-order valence-electron chi connectivity index (χ4n) is 1.27. The van der Waals surface area contributed by atoms with E-state index in [4.69, 9.17) is 0 Å². The van der Waals surface area contributed by atoms with Crippen molar-refractivity contribution < 1.29 is 9.59 Å². The lowest BCUT2D eigenvalue weighted by Gasteiger charge is -2.09. The van der Waals surface area contributed by atoms with Crippen LogP contribution in [-0.2, 0) is 9.59 Å². The van der Waals surface area contributed by atoms with Gasteiger partial charge in [-0.3, -0.25) is 4.79 Å². The molecule has 0 spiro atoms. The maximum Gasteiger partial charge on any atom is 0.158 e. The molecule has 0 aliphatic heterocycles. The summed E-state index contributed by atoms with van der Waals surface area (Å²) < 4.78 is 0. The van der Waals surface area contributed by atoms with Crippen LogP contribution in [-0.4, -0.2) is 12.1 Å². The number of ketones is 1. The Balaban J connectivity index is 2.46. The number of rotatable bonds is 3. The molecule has 0 bridgehead atoms. The molecule has 1 aliphatic carbocycles. The van der Waals surface area contributed by atoms with Crippen molar-refractivity contribution in [3.8, 4) is 0 Å². The van der Waals surface area contributed by atoms with Crippen LogP contribution >= 0.6 is 0 Å². The molecule has 1 aliphatic rings. The molecule has 0 amide bonds. The minimum Gasteiger partial charge on any atom is -0.303 e. The van der Waals surface area contributed by atoms with Gasteiger partial charge in [-0.2, -0.15) is 0 Å². The van der Waals surface area contributed by atoms with Crippen LogP contribution in [0.3, 0.4) is 0 Å². The molecule has 0 aromatic heterocycles. The van der Waals surface area contributed by atoms with E-state index in [1.54, 1.807) is 0 Å². The number of hydrogen-bond donors (Lipinski definition) is 0. The average molecular weight is 152 g/mol. The molecule has 0 saturated carbocycles. The van der Waals surface area contributed by atoms with E-state index in [1.807, 2.05) is 6.08 Å². The monoisotopic (exact) mass is 152 g/mol. The lowest BCUT2D eigenvalue weighted by molar-refractivity contribution is -0.116. The zero-order valence-electron chi connectivity index (χ0n) is 6.51. The van der Waals surface area contributed by atoms with Gasteiger partial charge in [0.05, 0.1) is 0 Å². The third-order valence-electron chi connectivity index (χ3n) is 1.89. The molecule has 0 aromatic carbocycles. The molecule has 2 heteroatoms. The van der Waals surface area contributed by atoms with Crippen LogP contribution in [0.15, 0.2) is 11.6 Å². The van der Waals surface area contributed by atoms with Gasteiger partial charge in [-0.1, -0.05) is 6.08 Å². The van der Waals surface area contributed by atoms with Gasteiger partial charge in [-0.05, 0) is 24.8 Å². The van der Waals surface area contributed by atoms with E-state index in [0.717, 1.165) is 24.7 Å². The lowest BCUT2D eigenvalue weighted by Crippen LogP contribution is -2.06. The first-order chi connectivity index (χ1) is 5.34. The van der Waals surface area contributed by atoms with E-state index < -0.39 is 0 Å². The molecule has 2 nitrogen and oxygen atoms in total. The topological polar surface area (TPSA) is 34.1 Å². The SMILES string of the molecule is O=CCCC1=CCCCC1=O. The smallest absolute Gasteiger partial charge is 0.158 e. The zero-order valence-corrected chi connectivity index (χ0v) is 6.51. The highest BCUT2D eigenvalue weighted by molar-refractivity contribution is 5.96. The molecule has 60 valence electrons. The van der Waals surface area contributed by atoms with Crippen molar-refractivity contribution in [2.24, 2.45) is 0 Å². The van der Waals surface area contributed by atoms with Gasteiger partial charge in [0, 0.05) is 12.8 Å². The van der Waals surface area contributed by atoms with E-state index in [-0.39, 0.29) is 5.78 Å². The Labute approximate surface area is 66.3 Å². The van der Waals surface area contributed by atoms with Crippen molar-refractivity contribution in [2.75, 3.05) is 0 Å². The maximum absolute atomic E-state index is 11.1. The summed E-state index contributed by atoms with van der Waals surface area (Å²) in [6, 6.07) is 0. The molecule has 11 heavy (non-hydrogen) atoms. The third-order valence-corrected chi connectivity index (χ3v) is 1.89. The minimum atomic E-state index is 0.234. The molecular formula is C9H12O2. The van der Waals surface area contributed by atoms with E-state index >= 15 is 0 Å². The molecule has 0 radical (unpaired) electrons. The number of Topliss-reactive ketones (excluding diaryl/α,β-unsaturated/α-hetero) is 1. The van der Waals surface area contributed by atoms with E-state index in [2.05, 4.69) is 0 Å². The lowest BCUT2D eigenvalue weighted by atomic mass is 9.95. The Morgan fingerprint density at radius 2 is 2.36 bits per heavy atom. The normalized spacial score (nSPS) is 17.8. The second-order valence-corrected chi connectivity index (χ2v) is 2.75. The summed E-state index contributed by atoms with van der Waals surface area (Å²) >= 11 is 0. The average Bonchev–Trinajstić information content (AvgIpc) is 2.03. The Hall–Kier alpha value is -0.920. The van der Waals surface area contributed by atoms with Crippen LogP contribution in [0.2, 0.25) is 0 Å². The van der Waals surface area contributed by atoms with Crippen LogP contribution in [0.5, 0.6) is 0 Å². The van der Waals surface area contributed by atoms with Crippen LogP contribution in [0.4, 0.5) is 0 Å². The van der Waals surface area contributed by atoms with E-state index in [9.17, 15) is 9.59 Å². The zero-order chi connectivity index (χ0) is 8.10. The van der Waals surface area contributed by atoms with Gasteiger partial charge in [-0.25, -0.2) is 0 Å². The van der Waals surface area contributed by atoms with Crippen molar-refractivity contribution in [1.29, 1.82) is 0 Å². The van der Waals surface area contributed by atoms with Crippen molar-refractivity contribution in [3.05, 3.63) is 11.6 Å². The summed E-state index contributed by atoms with van der Waals surface area (Å²) in [4.78, 5) is 21.1. The Morgan fingerprint density at radius 3 is 3.00 bits per heavy atom. The fourth-order valence-corrected chi connectivity index (χ4v) is 1.27. The van der Waals surface area contributed by atoms with Gasteiger partial charge in [-0.15, -0.1) is 0 Å². The molecule has 0 atom stereocenters. The van der Waals surface area contributed by atoms with Crippen LogP contribution in [0.25, 0.3) is 0 Å². The van der Waals surface area contributed by atoms with Crippen molar-refractivity contribution in [3.63, 3.8) is 0 Å². The van der Waals surface area contributed by atoms with Gasteiger partial charge in [0.15, 0.2) is 5.78 Å². The summed E-state index contributed by atoms with van der Waals surface area (Å²) in [7, 11) is 0. The predicted octanol–water partition coefficient (Wildman–Crippen LogP) is 1.64. The molecule has 0 aromatic rings. The Morgan fingerprint density at radius 1 is 1.55 bits per heavy atom. The Kier molecular flexibility index (Phi) is 3.02. The highest BCUT2D eigenvalue weighted by Gasteiger charge is 2.11. The van der Waals surface area contributed by atoms with Crippen molar-refractivity contribution in [2.45, 2.75) is 32.1 Å². The quantitative estimate of drug-likeness (QED) is 0.576. The highest BCUT2D eigenvalue weighted by Crippen LogP contribution is 2.17. The van der Waals surface area contributed by atoms with Gasteiger partial charge < -0.3 is 4.79 Å². The molecule has 0 heterocycles. The maximum atomic E-state index is 11.1. The van der Waals surface area contributed by atoms with Crippen molar-refractivity contribution >= 4 is 12.1 Å². The Bertz CT molecular complexity index is 192. The van der Waals surface area contributed by atoms with Crippen molar-refractivity contribution in [1.82, 2.24) is 0 Å². The summed E-state index contributed by atoms with van der Waals surface area (Å²) in [5.74, 6) is 0.234. The predicted molar refractivity (Wildman–Crippen MR) is 42.2 cm³/mol. The molecule has 0 unspecified atom stereocenters. The molecule has 0 saturated heterocycles. The van der Waals surface area contributed by atoms with Crippen LogP contribution in [0.1, 0.15) is 32.1 Å². The fraction of sp³-hybridized carbons (Fsp3) is 0.556. The molecular weight excluding hydrogens is 140 g/mol. The molecule has 0 N–H and O–H groups in total. The first-order valence-electron chi connectivity index (χ1n) is 4.00. The summed E-state index contributed by atoms with van der Waals surface area (Å²) in [6.45, 7) is 0. The first kappa shape index (κ1) is 8.18. The highest BCUT2D eigenvalue weighted by atomic mass is 16.1. The van der Waals surface area contributed by atoms with Crippen LogP contribution in [0, 0.1) is 0 Å². The second-order valence-electron chi connectivity index (χ2n) is 2.75. The van der Waals surface area contributed by atoms with Gasteiger partial charge in [0.1, 0.15) is 6.29 Å². The number of carbonyl (C=O) groups is 2. The summed E-state index contributed by atoms with van der Waals surface area (Å²) in [5, 5.41) is 0. The molecule has 0 fully saturated rings. The van der Waals surface area contributed by atoms with E-state index in [0.29, 0.717) is 19.3 Å². The number of hydrogen-bond acceptors (Lipinski definition) is 2. The second kappa shape index (κ2) is 4.06. The summed E-state index contributed by atoms with van der Waals surface area (Å²) in [5.41, 5.74) is 0.864. The largest absolute Gasteiger partial charge is 0.303 e. The van der Waals surface area contributed by atoms with Crippen LogP contribution < -0.4 is 0 Å². The van der Waals surface area contributed by atoms with E-state index in [1.165, 1.54) is 0 Å². The standard InChI is InChI=1S/C9H12O2/c10-7-3-5-8-4-1-2-6-9(8)11/h4,7H,1-3,5-6H2. The number of carbonyl (C=O) groups excluding carboxylic acids is 2.